The third-order valence-electron chi connectivity index (χ3n) is 4.85. The minimum Gasteiger partial charge on any atom is -0.493 e. The van der Waals surface area contributed by atoms with E-state index in [1.807, 2.05) is 12.1 Å². The third-order valence-corrected chi connectivity index (χ3v) is 4.85. The van der Waals surface area contributed by atoms with E-state index in [0.29, 0.717) is 24.0 Å². The number of β-amino-alcohol motifs (C(OH)–C–C–N with tert-alkyl or cyclic N) is 1. The van der Waals surface area contributed by atoms with Gasteiger partial charge in [0, 0.05) is 45.8 Å². The predicted octanol–water partition coefficient (Wildman–Crippen LogP) is 1.77. The van der Waals surface area contributed by atoms with Crippen LogP contribution < -0.4 is 9.47 Å². The summed E-state index contributed by atoms with van der Waals surface area (Å²) in [6, 6.07) is 6.04. The molecule has 6 heteroatoms. The first-order valence-electron chi connectivity index (χ1n) is 9.94. The molecule has 0 radical (unpaired) electrons. The van der Waals surface area contributed by atoms with E-state index in [1.165, 1.54) is 5.56 Å². The molecule has 2 rings (SSSR count). The molecule has 154 valence electrons. The molecule has 0 aromatic heterocycles. The number of likely N-dealkylation sites (N-methyl/N-ethyl adjacent to an activating group) is 1. The molecule has 0 aliphatic carbocycles. The van der Waals surface area contributed by atoms with Gasteiger partial charge in [-0.05, 0) is 37.7 Å². The molecule has 1 aromatic rings. The van der Waals surface area contributed by atoms with Crippen molar-refractivity contribution >= 4 is 0 Å². The summed E-state index contributed by atoms with van der Waals surface area (Å²) in [7, 11) is 5.91. The molecule has 1 aliphatic rings. The number of methoxy groups -OCH3 is 1. The Bertz CT molecular complexity index is 560. The summed E-state index contributed by atoms with van der Waals surface area (Å²) in [6.07, 6.45) is -0.509. The highest BCUT2D eigenvalue weighted by Gasteiger charge is 2.18. The van der Waals surface area contributed by atoms with Gasteiger partial charge in [-0.25, -0.2) is 0 Å². The SMILES string of the molecule is COc1ccc(CN(C)CC(C)C)cc1OCC(O)CN1CCN(C)CC1. The monoisotopic (exact) mass is 379 g/mol. The highest BCUT2D eigenvalue weighted by molar-refractivity contribution is 5.43. The van der Waals surface area contributed by atoms with E-state index in [0.717, 1.165) is 39.3 Å². The number of ether oxygens (including phenoxy) is 2. The molecule has 27 heavy (non-hydrogen) atoms. The van der Waals surface area contributed by atoms with Gasteiger partial charge in [-0.15, -0.1) is 0 Å². The molecule has 0 spiro atoms. The first-order valence-corrected chi connectivity index (χ1v) is 9.94. The number of rotatable bonds is 10. The summed E-state index contributed by atoms with van der Waals surface area (Å²) >= 11 is 0. The lowest BCUT2D eigenvalue weighted by molar-refractivity contribution is 0.0497. The zero-order valence-corrected chi connectivity index (χ0v) is 17.6. The summed E-state index contributed by atoms with van der Waals surface area (Å²) in [6.45, 7) is 11.4. The van der Waals surface area contributed by atoms with Crippen LogP contribution in [0, 0.1) is 5.92 Å². The van der Waals surface area contributed by atoms with E-state index < -0.39 is 6.10 Å². The summed E-state index contributed by atoms with van der Waals surface area (Å²) < 4.78 is 11.4. The van der Waals surface area contributed by atoms with E-state index in [4.69, 9.17) is 9.47 Å². The Balaban J connectivity index is 1.88. The van der Waals surface area contributed by atoms with Crippen molar-refractivity contribution in [2.75, 3.05) is 67.1 Å². The van der Waals surface area contributed by atoms with Crippen molar-refractivity contribution in [1.82, 2.24) is 14.7 Å². The van der Waals surface area contributed by atoms with Crippen molar-refractivity contribution in [3.05, 3.63) is 23.8 Å². The zero-order valence-electron chi connectivity index (χ0n) is 17.6. The van der Waals surface area contributed by atoms with Gasteiger partial charge in [0.25, 0.3) is 0 Å². The molecule has 0 saturated carbocycles. The molecule has 1 saturated heterocycles. The van der Waals surface area contributed by atoms with E-state index >= 15 is 0 Å². The molecule has 1 N–H and O–H groups in total. The predicted molar refractivity (Wildman–Crippen MR) is 110 cm³/mol. The van der Waals surface area contributed by atoms with Gasteiger partial charge in [0.2, 0.25) is 0 Å². The molecule has 1 heterocycles. The van der Waals surface area contributed by atoms with Crippen molar-refractivity contribution in [2.45, 2.75) is 26.5 Å². The van der Waals surface area contributed by atoms with E-state index in [-0.39, 0.29) is 6.61 Å². The van der Waals surface area contributed by atoms with Gasteiger partial charge in [0.1, 0.15) is 12.7 Å². The average molecular weight is 380 g/mol. The van der Waals surface area contributed by atoms with Crippen LogP contribution in [0.5, 0.6) is 11.5 Å². The molecule has 0 bridgehead atoms. The van der Waals surface area contributed by atoms with Crippen molar-refractivity contribution in [3.8, 4) is 11.5 Å². The first kappa shape index (κ1) is 22.0. The maximum atomic E-state index is 10.4. The standard InChI is InChI=1S/C21H37N3O3/c1-17(2)13-23(4)14-18-6-7-20(26-5)21(12-18)27-16-19(25)15-24-10-8-22(3)9-11-24/h6-7,12,17,19,25H,8-11,13-16H2,1-5H3. The molecule has 6 nitrogen and oxygen atoms in total. The molecule has 1 aliphatic heterocycles. The van der Waals surface area contributed by atoms with Crippen LogP contribution in [0.15, 0.2) is 18.2 Å². The van der Waals surface area contributed by atoms with Crippen molar-refractivity contribution in [3.63, 3.8) is 0 Å². The van der Waals surface area contributed by atoms with E-state index in [1.54, 1.807) is 7.11 Å². The molecule has 1 fully saturated rings. The minimum absolute atomic E-state index is 0.272. The van der Waals surface area contributed by atoms with Crippen LogP contribution in [0.4, 0.5) is 0 Å². The molecule has 1 atom stereocenters. The number of hydrogen-bond donors (Lipinski definition) is 1. The fraction of sp³-hybridized carbons (Fsp3) is 0.714. The second-order valence-corrected chi connectivity index (χ2v) is 8.14. The van der Waals surface area contributed by atoms with Crippen LogP contribution in [0.1, 0.15) is 19.4 Å². The third kappa shape index (κ3) is 7.66. The van der Waals surface area contributed by atoms with Crippen LogP contribution in [0.2, 0.25) is 0 Å². The Morgan fingerprint density at radius 3 is 2.48 bits per heavy atom. The molecule has 1 unspecified atom stereocenters. The lowest BCUT2D eigenvalue weighted by atomic mass is 10.1. The number of piperazine rings is 1. The van der Waals surface area contributed by atoms with Gasteiger partial charge in [-0.2, -0.15) is 0 Å². The molecule has 1 aromatic carbocycles. The number of aliphatic hydroxyl groups is 1. The van der Waals surface area contributed by atoms with Crippen LogP contribution in [0.3, 0.4) is 0 Å². The highest BCUT2D eigenvalue weighted by atomic mass is 16.5. The number of nitrogens with zero attached hydrogens (tertiary/aromatic N) is 3. The zero-order chi connectivity index (χ0) is 19.8. The Kier molecular flexibility index (Phi) is 8.83. The van der Waals surface area contributed by atoms with Crippen LogP contribution >= 0.6 is 0 Å². The average Bonchev–Trinajstić information content (AvgIpc) is 2.61. The molecular formula is C21H37N3O3. The van der Waals surface area contributed by atoms with Gasteiger partial charge in [-0.3, -0.25) is 4.90 Å². The Morgan fingerprint density at radius 1 is 1.15 bits per heavy atom. The Hall–Kier alpha value is -1.34. The van der Waals surface area contributed by atoms with Gasteiger partial charge in [0.15, 0.2) is 11.5 Å². The smallest absolute Gasteiger partial charge is 0.161 e. The lowest BCUT2D eigenvalue weighted by Crippen LogP contribution is -2.47. The second kappa shape index (κ2) is 10.9. The Morgan fingerprint density at radius 2 is 1.85 bits per heavy atom. The quantitative estimate of drug-likeness (QED) is 0.669. The van der Waals surface area contributed by atoms with Crippen LogP contribution in [-0.2, 0) is 6.54 Å². The summed E-state index contributed by atoms with van der Waals surface area (Å²) in [4.78, 5) is 6.91. The highest BCUT2D eigenvalue weighted by Crippen LogP contribution is 2.28. The van der Waals surface area contributed by atoms with Gasteiger partial charge in [0.05, 0.1) is 7.11 Å². The minimum atomic E-state index is -0.509. The lowest BCUT2D eigenvalue weighted by Gasteiger charge is -2.33. The van der Waals surface area contributed by atoms with E-state index in [9.17, 15) is 5.11 Å². The first-order chi connectivity index (χ1) is 12.9. The van der Waals surface area contributed by atoms with Crippen molar-refractivity contribution < 1.29 is 14.6 Å². The molecular weight excluding hydrogens is 342 g/mol. The van der Waals surface area contributed by atoms with Gasteiger partial charge < -0.3 is 24.4 Å². The van der Waals surface area contributed by atoms with Gasteiger partial charge in [-0.1, -0.05) is 19.9 Å². The summed E-state index contributed by atoms with van der Waals surface area (Å²) in [5, 5.41) is 10.4. The largest absolute Gasteiger partial charge is 0.493 e. The topological polar surface area (TPSA) is 48.4 Å². The van der Waals surface area contributed by atoms with Gasteiger partial charge >= 0.3 is 0 Å². The van der Waals surface area contributed by atoms with Crippen molar-refractivity contribution in [2.24, 2.45) is 5.92 Å². The number of hydrogen-bond acceptors (Lipinski definition) is 6. The number of aliphatic hydroxyl groups excluding tert-OH is 1. The van der Waals surface area contributed by atoms with Crippen LogP contribution in [0.25, 0.3) is 0 Å². The normalized spacial score (nSPS) is 17.5. The summed E-state index contributed by atoms with van der Waals surface area (Å²) in [5.41, 5.74) is 1.18. The van der Waals surface area contributed by atoms with E-state index in [2.05, 4.69) is 48.7 Å². The second-order valence-electron chi connectivity index (χ2n) is 8.14. The van der Waals surface area contributed by atoms with Crippen molar-refractivity contribution in [1.29, 1.82) is 0 Å². The summed E-state index contributed by atoms with van der Waals surface area (Å²) in [5.74, 6) is 2.04. The van der Waals surface area contributed by atoms with Crippen LogP contribution in [-0.4, -0.2) is 93.0 Å². The maximum Gasteiger partial charge on any atom is 0.161 e. The number of benzene rings is 1. The fourth-order valence-corrected chi connectivity index (χ4v) is 3.50. The maximum absolute atomic E-state index is 10.4. The fourth-order valence-electron chi connectivity index (χ4n) is 3.50. The molecule has 0 amide bonds. The Labute approximate surface area is 164 Å².